The Morgan fingerprint density at radius 1 is 1.12 bits per heavy atom. The van der Waals surface area contributed by atoms with E-state index in [4.69, 9.17) is 0 Å². The lowest BCUT2D eigenvalue weighted by Crippen LogP contribution is -2.41. The Bertz CT molecular complexity index is 849. The van der Waals surface area contributed by atoms with Gasteiger partial charge in [0.05, 0.1) is 4.90 Å². The first-order valence-electron chi connectivity index (χ1n) is 9.18. The van der Waals surface area contributed by atoms with E-state index in [2.05, 4.69) is 5.32 Å². The van der Waals surface area contributed by atoms with Crippen LogP contribution in [-0.2, 0) is 14.8 Å². The van der Waals surface area contributed by atoms with Crippen LogP contribution in [0.1, 0.15) is 57.4 Å². The minimum atomic E-state index is -3.53. The number of carbonyl (C=O) groups excluding carboxylic acids is 1. The first-order chi connectivity index (χ1) is 12.0. The van der Waals surface area contributed by atoms with Gasteiger partial charge in [-0.1, -0.05) is 12.0 Å². The topological polar surface area (TPSA) is 66.5 Å². The maximum Gasteiger partial charge on any atom is 0.256 e. The Kier molecular flexibility index (Phi) is 4.20. The van der Waals surface area contributed by atoms with E-state index in [9.17, 15) is 13.2 Å². The molecule has 25 heavy (non-hydrogen) atoms. The monoisotopic (exact) mass is 360 g/mol. The molecule has 1 aromatic carbocycles. The van der Waals surface area contributed by atoms with Gasteiger partial charge in [0.2, 0.25) is 10.0 Å². The molecular weight excluding hydrogens is 336 g/mol. The van der Waals surface area contributed by atoms with E-state index < -0.39 is 10.0 Å². The van der Waals surface area contributed by atoms with Crippen LogP contribution >= 0.6 is 0 Å². The number of nitrogens with one attached hydrogen (secondary N) is 1. The molecule has 1 saturated carbocycles. The number of fused-ring (bicyclic) bond motifs is 1. The molecule has 134 valence electrons. The number of anilines is 1. The summed E-state index contributed by atoms with van der Waals surface area (Å²) in [5, 5.41) is 2.89. The standard InChI is InChI=1S/C19H24N2O3S/c1-13-6-4-5-11-21(13)25(23,24)15-9-10-17-16(12-15)18(19(22)20-17)14-7-2-3-8-14/h9-10,12-13H,2-8,11H2,1H3,(H,20,22). The van der Waals surface area contributed by atoms with Crippen LogP contribution in [0.5, 0.6) is 0 Å². The Morgan fingerprint density at radius 3 is 2.60 bits per heavy atom. The van der Waals surface area contributed by atoms with Gasteiger partial charge in [-0.15, -0.1) is 0 Å². The average molecular weight is 360 g/mol. The number of rotatable bonds is 2. The Hall–Kier alpha value is -1.66. The van der Waals surface area contributed by atoms with E-state index in [0.717, 1.165) is 61.8 Å². The van der Waals surface area contributed by atoms with Crippen LogP contribution in [0.25, 0.3) is 5.57 Å². The molecule has 6 heteroatoms. The second-order valence-electron chi connectivity index (χ2n) is 7.31. The SMILES string of the molecule is CC1CCCCN1S(=O)(=O)c1ccc2c(c1)C(=C1CCCC1)C(=O)N2. The molecule has 3 aliphatic rings. The second kappa shape index (κ2) is 6.25. The summed E-state index contributed by atoms with van der Waals surface area (Å²) in [6.07, 6.45) is 6.95. The molecule has 1 amide bonds. The first kappa shape index (κ1) is 16.8. The van der Waals surface area contributed by atoms with Gasteiger partial charge in [-0.3, -0.25) is 4.79 Å². The highest BCUT2D eigenvalue weighted by Crippen LogP contribution is 2.40. The van der Waals surface area contributed by atoms with Gasteiger partial charge in [-0.2, -0.15) is 4.31 Å². The summed E-state index contributed by atoms with van der Waals surface area (Å²) in [7, 11) is -3.53. The minimum Gasteiger partial charge on any atom is -0.321 e. The summed E-state index contributed by atoms with van der Waals surface area (Å²) < 4.78 is 27.8. The van der Waals surface area contributed by atoms with Gasteiger partial charge >= 0.3 is 0 Å². The maximum atomic E-state index is 13.1. The number of sulfonamides is 1. The van der Waals surface area contributed by atoms with E-state index >= 15 is 0 Å². The van der Waals surface area contributed by atoms with E-state index in [1.807, 2.05) is 6.92 Å². The van der Waals surface area contributed by atoms with Gasteiger partial charge in [0.25, 0.3) is 5.91 Å². The van der Waals surface area contributed by atoms with Gasteiger partial charge < -0.3 is 5.32 Å². The maximum absolute atomic E-state index is 13.1. The molecule has 2 heterocycles. The molecule has 0 aromatic heterocycles. The number of benzene rings is 1. The Balaban J connectivity index is 1.77. The molecule has 0 radical (unpaired) electrons. The van der Waals surface area contributed by atoms with Crippen LogP contribution in [0, 0.1) is 0 Å². The molecule has 0 spiro atoms. The number of carbonyl (C=O) groups is 1. The summed E-state index contributed by atoms with van der Waals surface area (Å²) in [6, 6.07) is 5.08. The number of allylic oxidation sites excluding steroid dienone is 1. The zero-order valence-electron chi connectivity index (χ0n) is 14.5. The van der Waals surface area contributed by atoms with Gasteiger partial charge in [-0.25, -0.2) is 8.42 Å². The summed E-state index contributed by atoms with van der Waals surface area (Å²) in [6.45, 7) is 2.55. The molecule has 1 aromatic rings. The van der Waals surface area contributed by atoms with Crippen molar-refractivity contribution >= 4 is 27.2 Å². The highest BCUT2D eigenvalue weighted by Gasteiger charge is 2.34. The van der Waals surface area contributed by atoms with Crippen molar-refractivity contribution in [2.24, 2.45) is 0 Å². The Labute approximate surface area is 149 Å². The van der Waals surface area contributed by atoms with Crippen molar-refractivity contribution in [3.8, 4) is 0 Å². The molecule has 0 bridgehead atoms. The van der Waals surface area contributed by atoms with Crippen molar-refractivity contribution in [2.75, 3.05) is 11.9 Å². The van der Waals surface area contributed by atoms with Gasteiger partial charge in [0.15, 0.2) is 0 Å². The van der Waals surface area contributed by atoms with Crippen molar-refractivity contribution in [1.29, 1.82) is 0 Å². The zero-order chi connectivity index (χ0) is 17.6. The highest BCUT2D eigenvalue weighted by molar-refractivity contribution is 7.89. The third-order valence-electron chi connectivity index (χ3n) is 5.64. The molecule has 2 aliphatic heterocycles. The van der Waals surface area contributed by atoms with Gasteiger partial charge in [0.1, 0.15) is 0 Å². The van der Waals surface area contributed by atoms with Gasteiger partial charge in [0, 0.05) is 29.4 Å². The summed E-state index contributed by atoms with van der Waals surface area (Å²) in [4.78, 5) is 12.7. The van der Waals surface area contributed by atoms with Crippen LogP contribution < -0.4 is 5.32 Å². The lowest BCUT2D eigenvalue weighted by molar-refractivity contribution is -0.110. The molecule has 1 unspecified atom stereocenters. The molecule has 1 aliphatic carbocycles. The average Bonchev–Trinajstić information content (AvgIpc) is 3.20. The lowest BCUT2D eigenvalue weighted by Gasteiger charge is -2.32. The van der Waals surface area contributed by atoms with Crippen molar-refractivity contribution in [3.05, 3.63) is 29.3 Å². The fourth-order valence-electron chi connectivity index (χ4n) is 4.27. The number of piperidine rings is 1. The zero-order valence-corrected chi connectivity index (χ0v) is 15.4. The van der Waals surface area contributed by atoms with Crippen molar-refractivity contribution in [2.45, 2.75) is 62.8 Å². The minimum absolute atomic E-state index is 0.0272. The molecule has 1 saturated heterocycles. The molecule has 1 atom stereocenters. The number of hydrogen-bond donors (Lipinski definition) is 1. The van der Waals surface area contributed by atoms with Crippen LogP contribution in [0.2, 0.25) is 0 Å². The molecule has 1 N–H and O–H groups in total. The van der Waals surface area contributed by atoms with Gasteiger partial charge in [-0.05, 0) is 63.6 Å². The Morgan fingerprint density at radius 2 is 1.88 bits per heavy atom. The summed E-state index contributed by atoms with van der Waals surface area (Å²) in [5.74, 6) is -0.0900. The van der Waals surface area contributed by atoms with Crippen LogP contribution in [0.15, 0.2) is 28.7 Å². The number of amides is 1. The van der Waals surface area contributed by atoms with Crippen LogP contribution in [-0.4, -0.2) is 31.2 Å². The summed E-state index contributed by atoms with van der Waals surface area (Å²) in [5.41, 5.74) is 3.35. The fourth-order valence-corrected chi connectivity index (χ4v) is 6.00. The van der Waals surface area contributed by atoms with E-state index in [1.165, 1.54) is 0 Å². The summed E-state index contributed by atoms with van der Waals surface area (Å²) >= 11 is 0. The normalized spacial score (nSPS) is 24.5. The predicted molar refractivity (Wildman–Crippen MR) is 97.7 cm³/mol. The third kappa shape index (κ3) is 2.81. The number of hydrogen-bond acceptors (Lipinski definition) is 3. The van der Waals surface area contributed by atoms with E-state index in [1.54, 1.807) is 22.5 Å². The fraction of sp³-hybridized carbons (Fsp3) is 0.526. The molecule has 4 rings (SSSR count). The van der Waals surface area contributed by atoms with Crippen LogP contribution in [0.4, 0.5) is 5.69 Å². The van der Waals surface area contributed by atoms with Crippen molar-refractivity contribution in [3.63, 3.8) is 0 Å². The van der Waals surface area contributed by atoms with E-state index in [-0.39, 0.29) is 11.9 Å². The second-order valence-corrected chi connectivity index (χ2v) is 9.20. The first-order valence-corrected chi connectivity index (χ1v) is 10.6. The smallest absolute Gasteiger partial charge is 0.256 e. The molecule has 2 fully saturated rings. The third-order valence-corrected chi connectivity index (χ3v) is 7.65. The molecule has 5 nitrogen and oxygen atoms in total. The van der Waals surface area contributed by atoms with Crippen molar-refractivity contribution in [1.82, 2.24) is 4.31 Å². The molecular formula is C19H24N2O3S. The number of nitrogens with zero attached hydrogens (tertiary/aromatic N) is 1. The quantitative estimate of drug-likeness (QED) is 0.821. The lowest BCUT2D eigenvalue weighted by atomic mass is 10.00. The highest BCUT2D eigenvalue weighted by atomic mass is 32.2. The predicted octanol–water partition coefficient (Wildman–Crippen LogP) is 3.53. The van der Waals surface area contributed by atoms with Crippen molar-refractivity contribution < 1.29 is 13.2 Å². The van der Waals surface area contributed by atoms with Crippen LogP contribution in [0.3, 0.4) is 0 Å². The van der Waals surface area contributed by atoms with E-state index in [0.29, 0.717) is 17.0 Å². The largest absolute Gasteiger partial charge is 0.321 e.